The first-order valence-electron chi connectivity index (χ1n) is 8.10. The Hall–Kier alpha value is -2.91. The third kappa shape index (κ3) is 3.32. The van der Waals surface area contributed by atoms with Crippen LogP contribution in [-0.2, 0) is 0 Å². The molecule has 25 heavy (non-hydrogen) atoms. The van der Waals surface area contributed by atoms with Gasteiger partial charge in [0.15, 0.2) is 0 Å². The second kappa shape index (κ2) is 6.91. The van der Waals surface area contributed by atoms with Gasteiger partial charge in [-0.25, -0.2) is 4.98 Å². The maximum atomic E-state index is 5.41. The van der Waals surface area contributed by atoms with Crippen LogP contribution in [0.25, 0.3) is 32.9 Å². The van der Waals surface area contributed by atoms with Crippen LogP contribution in [0, 0.1) is 0 Å². The van der Waals surface area contributed by atoms with Gasteiger partial charge in [0.1, 0.15) is 10.8 Å². The van der Waals surface area contributed by atoms with E-state index in [-0.39, 0.29) is 0 Å². The van der Waals surface area contributed by atoms with E-state index in [4.69, 9.17) is 9.72 Å². The average molecular weight is 343 g/mol. The molecule has 0 saturated heterocycles. The van der Waals surface area contributed by atoms with Crippen molar-refractivity contribution in [2.24, 2.45) is 0 Å². The molecule has 0 bridgehead atoms. The molecule has 2 nitrogen and oxygen atoms in total. The molecule has 3 aromatic carbocycles. The van der Waals surface area contributed by atoms with E-state index in [1.165, 1.54) is 10.3 Å². The van der Waals surface area contributed by atoms with Crippen LogP contribution in [0.3, 0.4) is 0 Å². The topological polar surface area (TPSA) is 22.1 Å². The van der Waals surface area contributed by atoms with Crippen LogP contribution in [0.1, 0.15) is 11.1 Å². The number of benzene rings is 3. The highest BCUT2D eigenvalue weighted by Gasteiger charge is 2.10. The Morgan fingerprint density at radius 1 is 0.880 bits per heavy atom. The minimum absolute atomic E-state index is 0.845. The van der Waals surface area contributed by atoms with E-state index < -0.39 is 0 Å². The molecule has 122 valence electrons. The molecular formula is C22H17NOS. The third-order valence-electron chi connectivity index (χ3n) is 4.04. The lowest BCUT2D eigenvalue weighted by molar-refractivity contribution is 0.415. The second-order valence-corrected chi connectivity index (χ2v) is 6.71. The van der Waals surface area contributed by atoms with Crippen molar-refractivity contribution in [1.82, 2.24) is 4.98 Å². The molecule has 0 N–H and O–H groups in total. The third-order valence-corrected chi connectivity index (χ3v) is 5.11. The van der Waals surface area contributed by atoms with Gasteiger partial charge in [-0.05, 0) is 41.5 Å². The van der Waals surface area contributed by atoms with Gasteiger partial charge in [-0.1, -0.05) is 54.6 Å². The largest absolute Gasteiger partial charge is 0.497 e. The Labute approximate surface area is 151 Å². The Kier molecular flexibility index (Phi) is 4.32. The maximum absolute atomic E-state index is 5.41. The first-order valence-corrected chi connectivity index (χ1v) is 8.92. The van der Waals surface area contributed by atoms with Crippen molar-refractivity contribution in [2.75, 3.05) is 7.11 Å². The van der Waals surface area contributed by atoms with Crippen LogP contribution in [0.5, 0.6) is 5.75 Å². The summed E-state index contributed by atoms with van der Waals surface area (Å²) in [4.78, 5) is 4.80. The lowest BCUT2D eigenvalue weighted by atomic mass is 10.1. The first-order chi connectivity index (χ1) is 12.3. The molecule has 0 spiro atoms. The van der Waals surface area contributed by atoms with E-state index >= 15 is 0 Å². The average Bonchev–Trinajstić information content (AvgIpc) is 3.11. The van der Waals surface area contributed by atoms with Gasteiger partial charge in [-0.15, -0.1) is 11.3 Å². The van der Waals surface area contributed by atoms with Crippen LogP contribution < -0.4 is 4.74 Å². The number of aromatic nitrogens is 1. The smallest absolute Gasteiger partial charge is 0.125 e. The van der Waals surface area contributed by atoms with Gasteiger partial charge in [-0.2, -0.15) is 0 Å². The molecule has 1 aromatic heterocycles. The molecule has 0 aliphatic carbocycles. The van der Waals surface area contributed by atoms with Crippen LogP contribution in [0.2, 0.25) is 0 Å². The zero-order valence-corrected chi connectivity index (χ0v) is 14.7. The number of para-hydroxylation sites is 1. The fraction of sp³-hybridized carbons (Fsp3) is 0.0455. The fourth-order valence-electron chi connectivity index (χ4n) is 2.74. The number of hydrogen-bond acceptors (Lipinski definition) is 3. The molecule has 4 aromatic rings. The molecule has 0 radical (unpaired) electrons. The highest BCUT2D eigenvalue weighted by atomic mass is 32.1. The van der Waals surface area contributed by atoms with Crippen molar-refractivity contribution in [2.45, 2.75) is 0 Å². The molecular weight excluding hydrogens is 326 g/mol. The number of rotatable bonds is 4. The summed E-state index contributed by atoms with van der Waals surface area (Å²) in [5, 5.41) is 1.02. The molecule has 1 heterocycles. The molecule has 0 saturated carbocycles. The summed E-state index contributed by atoms with van der Waals surface area (Å²) in [5.41, 5.74) is 4.42. The van der Waals surface area contributed by atoms with E-state index in [0.29, 0.717) is 0 Å². The Morgan fingerprint density at radius 2 is 1.68 bits per heavy atom. The van der Waals surface area contributed by atoms with Crippen LogP contribution in [-0.4, -0.2) is 12.1 Å². The molecule has 0 amide bonds. The quantitative estimate of drug-likeness (QED) is 0.415. The summed E-state index contributed by atoms with van der Waals surface area (Å²) in [6.07, 6.45) is 4.24. The zero-order valence-electron chi connectivity index (χ0n) is 13.8. The van der Waals surface area contributed by atoms with Gasteiger partial charge < -0.3 is 4.74 Å². The highest BCUT2D eigenvalue weighted by molar-refractivity contribution is 7.21. The van der Waals surface area contributed by atoms with Crippen molar-refractivity contribution >= 4 is 33.7 Å². The fourth-order valence-corrected chi connectivity index (χ4v) is 3.75. The first kappa shape index (κ1) is 15.6. The summed E-state index contributed by atoms with van der Waals surface area (Å²) >= 11 is 1.71. The number of nitrogens with zero attached hydrogens (tertiary/aromatic N) is 1. The molecule has 0 aliphatic heterocycles. The molecule has 0 unspecified atom stereocenters. The van der Waals surface area contributed by atoms with E-state index in [0.717, 1.165) is 27.4 Å². The standard InChI is InChI=1S/C22H17NOS/c1-24-18-13-14-19(22-23-20-9-5-6-10-21(20)25-22)17(15-18)12-11-16-7-3-2-4-8-16/h2-15H,1H3. The SMILES string of the molecule is COc1ccc(-c2nc3ccccc3s2)c(C=Cc2ccccc2)c1. The van der Waals surface area contributed by atoms with Gasteiger partial charge in [-0.3, -0.25) is 0 Å². The number of thiazole rings is 1. The molecule has 0 aliphatic rings. The minimum Gasteiger partial charge on any atom is -0.497 e. The van der Waals surface area contributed by atoms with Gasteiger partial charge in [0.25, 0.3) is 0 Å². The molecule has 4 rings (SSSR count). The maximum Gasteiger partial charge on any atom is 0.125 e. The predicted octanol–water partition coefficient (Wildman–Crippen LogP) is 6.14. The van der Waals surface area contributed by atoms with E-state index in [1.54, 1.807) is 18.4 Å². The summed E-state index contributed by atoms with van der Waals surface area (Å²) < 4.78 is 6.61. The van der Waals surface area contributed by atoms with Gasteiger partial charge in [0.05, 0.1) is 17.3 Å². The Bertz CT molecular complexity index is 1000. The minimum atomic E-state index is 0.845. The normalized spacial score (nSPS) is 11.2. The van der Waals surface area contributed by atoms with Gasteiger partial charge in [0, 0.05) is 5.56 Å². The van der Waals surface area contributed by atoms with Crippen molar-refractivity contribution in [3.05, 3.63) is 83.9 Å². The summed E-state index contributed by atoms with van der Waals surface area (Å²) in [5.74, 6) is 0.845. The van der Waals surface area contributed by atoms with Crippen molar-refractivity contribution < 1.29 is 4.74 Å². The van der Waals surface area contributed by atoms with Crippen molar-refractivity contribution in [1.29, 1.82) is 0 Å². The summed E-state index contributed by atoms with van der Waals surface area (Å²) in [6, 6.07) is 24.7. The monoisotopic (exact) mass is 343 g/mol. The van der Waals surface area contributed by atoms with Crippen LogP contribution >= 0.6 is 11.3 Å². The Morgan fingerprint density at radius 3 is 2.48 bits per heavy atom. The summed E-state index contributed by atoms with van der Waals surface area (Å²) in [6.45, 7) is 0. The number of hydrogen-bond donors (Lipinski definition) is 0. The molecule has 0 fully saturated rings. The van der Waals surface area contributed by atoms with E-state index in [9.17, 15) is 0 Å². The second-order valence-electron chi connectivity index (χ2n) is 5.68. The van der Waals surface area contributed by atoms with Crippen molar-refractivity contribution in [3.8, 4) is 16.3 Å². The van der Waals surface area contributed by atoms with Gasteiger partial charge in [0.2, 0.25) is 0 Å². The Balaban J connectivity index is 1.80. The number of methoxy groups -OCH3 is 1. The van der Waals surface area contributed by atoms with E-state index in [2.05, 4.69) is 54.6 Å². The summed E-state index contributed by atoms with van der Waals surface area (Å²) in [7, 11) is 1.69. The molecule has 0 atom stereocenters. The molecule has 3 heteroatoms. The predicted molar refractivity (Wildman–Crippen MR) is 107 cm³/mol. The number of fused-ring (bicyclic) bond motifs is 1. The zero-order chi connectivity index (χ0) is 17.1. The van der Waals surface area contributed by atoms with Crippen LogP contribution in [0.15, 0.2) is 72.8 Å². The number of ether oxygens (including phenoxy) is 1. The van der Waals surface area contributed by atoms with Gasteiger partial charge >= 0.3 is 0 Å². The lowest BCUT2D eigenvalue weighted by Crippen LogP contribution is -1.87. The van der Waals surface area contributed by atoms with Crippen molar-refractivity contribution in [3.63, 3.8) is 0 Å². The highest BCUT2D eigenvalue weighted by Crippen LogP contribution is 2.34. The van der Waals surface area contributed by atoms with E-state index in [1.807, 2.05) is 30.3 Å². The lowest BCUT2D eigenvalue weighted by Gasteiger charge is -2.06. The van der Waals surface area contributed by atoms with Crippen LogP contribution in [0.4, 0.5) is 0 Å².